The number of hydrogen-bond acceptors (Lipinski definition) is 0. The van der Waals surface area contributed by atoms with Gasteiger partial charge in [0.05, 0.1) is 0 Å². The van der Waals surface area contributed by atoms with E-state index in [-0.39, 0.29) is 0 Å². The van der Waals surface area contributed by atoms with Crippen LogP contribution in [0, 0.1) is 116 Å². The Kier molecular flexibility index (Phi) is 15.5. The summed E-state index contributed by atoms with van der Waals surface area (Å²) < 4.78 is 296. The van der Waals surface area contributed by atoms with E-state index in [1.165, 1.54) is 57.9 Å². The molecule has 0 saturated carbocycles. The van der Waals surface area contributed by atoms with Gasteiger partial charge in [0.1, 0.15) is 59.2 Å². The van der Waals surface area contributed by atoms with Crippen molar-refractivity contribution in [3.63, 3.8) is 0 Å². The van der Waals surface area contributed by atoms with Gasteiger partial charge in [-0.3, -0.25) is 0 Å². The number of benzene rings is 4. The summed E-state index contributed by atoms with van der Waals surface area (Å²) in [4.78, 5) is 0. The molecule has 4 aromatic carbocycles. The molecule has 0 fully saturated rings. The van der Waals surface area contributed by atoms with Crippen LogP contribution in [0.2, 0.25) is 0 Å². The smallest absolute Gasteiger partial charge is 0.200 e. The highest BCUT2D eigenvalue weighted by Crippen LogP contribution is 2.30. The minimum absolute atomic E-state index is 1.18. The average molecular weight is 899 g/mol. The van der Waals surface area contributed by atoms with Crippen LogP contribution < -0.4 is 26.4 Å². The lowest BCUT2D eigenvalue weighted by atomic mass is 9.12. The molecule has 1 nitrogen and oxygen atoms in total. The maximum absolute atomic E-state index is 15.4. The van der Waals surface area contributed by atoms with Crippen LogP contribution in [0.15, 0.2) is 30.6 Å². The van der Waals surface area contributed by atoms with Crippen LogP contribution in [-0.2, 0) is 6.54 Å². The van der Waals surface area contributed by atoms with Crippen LogP contribution in [0.4, 0.5) is 87.8 Å². The SMILES string of the molecule is CCCCCCCCCC[n+]1ccccc1.Fc1c(F)c(F)c([B-](c2c(F)c(F)c(F)c(F)c2F)(c2c(F)c(F)c(F)c(F)c2F)c2c(F)c(F)c(F)c(F)c2F)c(F)c1F. The molecule has 1 aromatic heterocycles. The Morgan fingerprint density at radius 2 is 0.508 bits per heavy atom. The summed E-state index contributed by atoms with van der Waals surface area (Å²) in [6, 6.07) is 6.28. The number of nitrogens with zero attached hydrogens (tertiary/aromatic N) is 1. The first kappa shape index (κ1) is 48.4. The second-order valence-electron chi connectivity index (χ2n) is 13.4. The second-order valence-corrected chi connectivity index (χ2v) is 13.4. The normalized spacial score (nSPS) is 11.6. The molecule has 61 heavy (non-hydrogen) atoms. The van der Waals surface area contributed by atoms with E-state index in [1.54, 1.807) is 0 Å². The molecule has 22 heteroatoms. The molecule has 0 atom stereocenters. The van der Waals surface area contributed by atoms with E-state index in [0.717, 1.165) is 0 Å². The lowest BCUT2D eigenvalue weighted by Crippen LogP contribution is -2.81. The van der Waals surface area contributed by atoms with Gasteiger partial charge < -0.3 is 0 Å². The number of unbranched alkanes of at least 4 members (excludes halogenated alkanes) is 7. The van der Waals surface area contributed by atoms with Crippen molar-refractivity contribution in [1.29, 1.82) is 0 Å². The highest BCUT2D eigenvalue weighted by molar-refractivity contribution is 7.20. The quantitative estimate of drug-likeness (QED) is 0.0277. The van der Waals surface area contributed by atoms with Gasteiger partial charge in [0.15, 0.2) is 82.2 Å². The lowest BCUT2D eigenvalue weighted by molar-refractivity contribution is -0.697. The number of aromatic nitrogens is 1. The van der Waals surface area contributed by atoms with Gasteiger partial charge >= 0.3 is 0 Å². The molecule has 0 aliphatic rings. The van der Waals surface area contributed by atoms with Gasteiger partial charge in [0.2, 0.25) is 0 Å². The third kappa shape index (κ3) is 8.63. The monoisotopic (exact) mass is 899 g/mol. The number of hydrogen-bond donors (Lipinski definition) is 0. The summed E-state index contributed by atoms with van der Waals surface area (Å²) in [5.74, 6) is -71.4. The maximum atomic E-state index is 15.4. The molecule has 0 saturated heterocycles. The summed E-state index contributed by atoms with van der Waals surface area (Å²) in [5, 5.41) is 0. The molecule has 0 spiro atoms. The molecule has 0 bridgehead atoms. The van der Waals surface area contributed by atoms with Crippen LogP contribution in [0.3, 0.4) is 0 Å². The molecule has 1 heterocycles. The summed E-state index contributed by atoms with van der Waals surface area (Å²) in [5.41, 5.74) is -14.3. The highest BCUT2D eigenvalue weighted by atomic mass is 19.2. The first-order valence-corrected chi connectivity index (χ1v) is 17.8. The number of aryl methyl sites for hydroxylation is 1. The zero-order chi connectivity index (χ0) is 45.8. The molecular formula is C39H26BF20N. The van der Waals surface area contributed by atoms with Crippen LogP contribution >= 0.6 is 0 Å². The van der Waals surface area contributed by atoms with Crippen molar-refractivity contribution in [2.45, 2.75) is 64.8 Å². The summed E-state index contributed by atoms with van der Waals surface area (Å²) >= 11 is 0. The minimum atomic E-state index is -7.22. The number of pyridine rings is 1. The van der Waals surface area contributed by atoms with Crippen molar-refractivity contribution in [3.05, 3.63) is 147 Å². The van der Waals surface area contributed by atoms with Crippen LogP contribution in [-0.4, -0.2) is 6.15 Å². The molecule has 5 rings (SSSR count). The summed E-state index contributed by atoms with van der Waals surface area (Å²) in [7, 11) is 0. The first-order chi connectivity index (χ1) is 28.6. The zero-order valence-corrected chi connectivity index (χ0v) is 30.8. The Balaban J connectivity index is 0.000000430. The summed E-state index contributed by atoms with van der Waals surface area (Å²) in [6.45, 7) is 3.45. The van der Waals surface area contributed by atoms with E-state index in [0.29, 0.717) is 0 Å². The van der Waals surface area contributed by atoms with E-state index in [9.17, 15) is 52.7 Å². The largest absolute Gasteiger partial charge is 0.207 e. The van der Waals surface area contributed by atoms with Crippen LogP contribution in [0.1, 0.15) is 58.3 Å². The minimum Gasteiger partial charge on any atom is -0.207 e. The standard InChI is InChI=1S/C24BF20.C15H26N/c26-5-1(6(27)14(35)21(42)13(5)34)25(2-7(28)15(36)22(43)16(37)8(2)29,3-9(30)17(38)23(44)18(39)10(3)31)4-11(32)19(40)24(45)20(41)12(4)33;1-2-3-4-5-6-7-8-10-13-16-14-11-9-12-15-16/h;9,11-12,14-15H,2-8,10,13H2,1H3/q-1;+1. The summed E-state index contributed by atoms with van der Waals surface area (Å²) in [6.07, 6.45) is 8.28. The van der Waals surface area contributed by atoms with E-state index in [1.807, 2.05) is 0 Å². The van der Waals surface area contributed by atoms with Crippen molar-refractivity contribution in [3.8, 4) is 0 Å². The second kappa shape index (κ2) is 19.6. The Labute approximate surface area is 332 Å². The molecule has 0 aliphatic heterocycles. The third-order valence-corrected chi connectivity index (χ3v) is 9.75. The average Bonchev–Trinajstić information content (AvgIpc) is 3.25. The van der Waals surface area contributed by atoms with Crippen molar-refractivity contribution in [1.82, 2.24) is 0 Å². The number of halogens is 20. The Morgan fingerprint density at radius 1 is 0.295 bits per heavy atom. The predicted molar refractivity (Wildman–Crippen MR) is 178 cm³/mol. The van der Waals surface area contributed by atoms with Gasteiger partial charge in [0, 0.05) is 18.6 Å². The van der Waals surface area contributed by atoms with Gasteiger partial charge in [-0.2, -0.15) is 0 Å². The predicted octanol–water partition coefficient (Wildman–Crippen LogP) is 9.96. The van der Waals surface area contributed by atoms with Crippen molar-refractivity contribution in [2.75, 3.05) is 0 Å². The van der Waals surface area contributed by atoms with Gasteiger partial charge in [0.25, 0.3) is 0 Å². The van der Waals surface area contributed by atoms with Crippen LogP contribution in [0.5, 0.6) is 0 Å². The van der Waals surface area contributed by atoms with Crippen molar-refractivity contribution in [2.24, 2.45) is 0 Å². The fraction of sp³-hybridized carbons (Fsp3) is 0.256. The molecule has 0 N–H and O–H groups in total. The number of rotatable bonds is 13. The molecular weight excluding hydrogens is 873 g/mol. The fourth-order valence-electron chi connectivity index (χ4n) is 6.89. The van der Waals surface area contributed by atoms with Crippen molar-refractivity contribution < 1.29 is 92.4 Å². The third-order valence-electron chi connectivity index (χ3n) is 9.75. The Morgan fingerprint density at radius 3 is 0.754 bits per heavy atom. The molecule has 5 aromatic rings. The van der Waals surface area contributed by atoms with Gasteiger partial charge in [-0.15, -0.1) is 21.9 Å². The molecule has 330 valence electrons. The fourth-order valence-corrected chi connectivity index (χ4v) is 6.89. The highest BCUT2D eigenvalue weighted by Gasteiger charge is 2.52. The topological polar surface area (TPSA) is 3.88 Å². The van der Waals surface area contributed by atoms with Gasteiger partial charge in [-0.05, 0) is 6.42 Å². The molecule has 0 aliphatic carbocycles. The Bertz CT molecular complexity index is 2040. The molecule has 0 amide bonds. The van der Waals surface area contributed by atoms with E-state index >= 15 is 35.1 Å². The molecule has 0 unspecified atom stereocenters. The first-order valence-electron chi connectivity index (χ1n) is 17.8. The lowest BCUT2D eigenvalue weighted by Gasteiger charge is -2.44. The van der Waals surface area contributed by atoms with Crippen molar-refractivity contribution >= 4 is 28.0 Å². The van der Waals surface area contributed by atoms with Gasteiger partial charge in [-0.25, -0.2) is 92.4 Å². The molecule has 0 radical (unpaired) electrons. The Hall–Kier alpha value is -5.31. The van der Waals surface area contributed by atoms with E-state index < -0.39 is 144 Å². The van der Waals surface area contributed by atoms with Gasteiger partial charge in [-0.1, -0.05) is 51.5 Å². The van der Waals surface area contributed by atoms with E-state index in [2.05, 4.69) is 42.1 Å². The maximum Gasteiger partial charge on any atom is 0.200 e. The van der Waals surface area contributed by atoms with Crippen LogP contribution in [0.25, 0.3) is 0 Å². The zero-order valence-electron chi connectivity index (χ0n) is 30.8. The van der Waals surface area contributed by atoms with E-state index in [4.69, 9.17) is 0 Å².